The van der Waals surface area contributed by atoms with Gasteiger partial charge in [-0.2, -0.15) is 0 Å². The molecule has 1 aliphatic heterocycles. The normalized spacial score (nSPS) is 22.9. The summed E-state index contributed by atoms with van der Waals surface area (Å²) in [6.45, 7) is 1.96. The molecule has 66 valence electrons. The van der Waals surface area contributed by atoms with Gasteiger partial charge in [-0.3, -0.25) is 0 Å². The van der Waals surface area contributed by atoms with Gasteiger partial charge < -0.3 is 10.1 Å². The van der Waals surface area contributed by atoms with Crippen LogP contribution in [0.5, 0.6) is 5.88 Å². The summed E-state index contributed by atoms with van der Waals surface area (Å²) in [5.74, 6) is 0.740. The Balaban J connectivity index is 1.98. The lowest BCUT2D eigenvalue weighted by Gasteiger charge is -2.10. The Hall–Kier alpha value is -1.10. The van der Waals surface area contributed by atoms with Crippen molar-refractivity contribution in [1.82, 2.24) is 20.3 Å². The zero-order valence-electron chi connectivity index (χ0n) is 7.03. The highest BCUT2D eigenvalue weighted by Crippen LogP contribution is 2.11. The summed E-state index contributed by atoms with van der Waals surface area (Å²) >= 11 is 0. The predicted octanol–water partition coefficient (Wildman–Crippen LogP) is -0.444. The lowest BCUT2D eigenvalue weighted by molar-refractivity contribution is 0.204. The van der Waals surface area contributed by atoms with Gasteiger partial charge in [0.25, 0.3) is 0 Å². The lowest BCUT2D eigenvalue weighted by atomic mass is 10.3. The van der Waals surface area contributed by atoms with Gasteiger partial charge in [0.1, 0.15) is 12.3 Å². The molecule has 12 heavy (non-hydrogen) atoms. The zero-order valence-corrected chi connectivity index (χ0v) is 7.03. The molecular formula is C7H12N4O. The Labute approximate surface area is 70.7 Å². The van der Waals surface area contributed by atoms with Crippen molar-refractivity contribution in [2.75, 3.05) is 13.1 Å². The molecule has 0 aromatic carbocycles. The molecule has 1 aromatic rings. The van der Waals surface area contributed by atoms with E-state index in [2.05, 4.69) is 15.6 Å². The van der Waals surface area contributed by atoms with Crippen LogP contribution in [0.3, 0.4) is 0 Å². The van der Waals surface area contributed by atoms with E-state index >= 15 is 0 Å². The van der Waals surface area contributed by atoms with Crippen molar-refractivity contribution in [3.05, 3.63) is 6.20 Å². The quantitative estimate of drug-likeness (QED) is 0.650. The Morgan fingerprint density at radius 2 is 2.67 bits per heavy atom. The average molecular weight is 168 g/mol. The summed E-state index contributed by atoms with van der Waals surface area (Å²) in [6.07, 6.45) is 2.98. The van der Waals surface area contributed by atoms with Crippen LogP contribution in [0.25, 0.3) is 0 Å². The first-order valence-electron chi connectivity index (χ1n) is 4.08. The van der Waals surface area contributed by atoms with Crippen molar-refractivity contribution in [3.8, 4) is 5.88 Å². The van der Waals surface area contributed by atoms with E-state index in [1.54, 1.807) is 10.9 Å². The number of hydrogen-bond donors (Lipinski definition) is 1. The van der Waals surface area contributed by atoms with Crippen LogP contribution >= 0.6 is 0 Å². The summed E-state index contributed by atoms with van der Waals surface area (Å²) in [5, 5.41) is 10.7. The van der Waals surface area contributed by atoms with E-state index in [0.717, 1.165) is 25.4 Å². The number of hydrogen-bond acceptors (Lipinski definition) is 4. The van der Waals surface area contributed by atoms with E-state index in [4.69, 9.17) is 4.74 Å². The summed E-state index contributed by atoms with van der Waals surface area (Å²) in [5.41, 5.74) is 0. The minimum absolute atomic E-state index is 0.280. The van der Waals surface area contributed by atoms with Gasteiger partial charge in [0.05, 0.1) is 0 Å². The maximum absolute atomic E-state index is 5.62. The third kappa shape index (κ3) is 1.40. The van der Waals surface area contributed by atoms with E-state index in [9.17, 15) is 0 Å². The smallest absolute Gasteiger partial charge is 0.232 e. The summed E-state index contributed by atoms with van der Waals surface area (Å²) in [6, 6.07) is 0. The summed E-state index contributed by atoms with van der Waals surface area (Å²) in [7, 11) is 1.82. The second-order valence-electron chi connectivity index (χ2n) is 2.93. The number of nitrogens with one attached hydrogen (secondary N) is 1. The van der Waals surface area contributed by atoms with Crippen molar-refractivity contribution in [2.24, 2.45) is 7.05 Å². The molecule has 5 heteroatoms. The molecule has 1 aliphatic rings. The minimum Gasteiger partial charge on any atom is -0.472 e. The van der Waals surface area contributed by atoms with Gasteiger partial charge >= 0.3 is 0 Å². The highest BCUT2D eigenvalue weighted by Gasteiger charge is 2.17. The third-order valence-electron chi connectivity index (χ3n) is 1.98. The number of ether oxygens (including phenoxy) is 1. The fourth-order valence-electron chi connectivity index (χ4n) is 1.29. The van der Waals surface area contributed by atoms with E-state index in [1.807, 2.05) is 7.05 Å². The molecule has 1 atom stereocenters. The topological polar surface area (TPSA) is 52.0 Å². The number of aryl methyl sites for hydroxylation is 1. The first kappa shape index (κ1) is 7.54. The van der Waals surface area contributed by atoms with Gasteiger partial charge in [-0.15, -0.1) is 5.10 Å². The Morgan fingerprint density at radius 3 is 3.25 bits per heavy atom. The predicted molar refractivity (Wildman–Crippen MR) is 42.9 cm³/mol. The monoisotopic (exact) mass is 168 g/mol. The molecule has 1 unspecified atom stereocenters. The molecule has 0 aliphatic carbocycles. The lowest BCUT2D eigenvalue weighted by Crippen LogP contribution is -2.20. The molecular weight excluding hydrogens is 156 g/mol. The molecule has 1 aromatic heterocycles. The molecule has 2 heterocycles. The van der Waals surface area contributed by atoms with Crippen molar-refractivity contribution < 1.29 is 4.74 Å². The number of aromatic nitrogens is 3. The van der Waals surface area contributed by atoms with Crippen LogP contribution in [0.4, 0.5) is 0 Å². The van der Waals surface area contributed by atoms with Crippen molar-refractivity contribution in [2.45, 2.75) is 12.5 Å². The van der Waals surface area contributed by atoms with Gasteiger partial charge in [-0.25, -0.2) is 4.68 Å². The molecule has 0 saturated carbocycles. The molecule has 0 amide bonds. The van der Waals surface area contributed by atoms with Crippen LogP contribution in [0.1, 0.15) is 6.42 Å². The van der Waals surface area contributed by atoms with E-state index in [0.29, 0.717) is 0 Å². The van der Waals surface area contributed by atoms with Crippen molar-refractivity contribution >= 4 is 0 Å². The minimum atomic E-state index is 0.280. The maximum atomic E-state index is 5.62. The number of rotatable bonds is 2. The molecule has 0 radical (unpaired) electrons. The first-order chi connectivity index (χ1) is 5.86. The Morgan fingerprint density at radius 1 is 1.75 bits per heavy atom. The summed E-state index contributed by atoms with van der Waals surface area (Å²) < 4.78 is 7.26. The van der Waals surface area contributed by atoms with Crippen LogP contribution in [-0.4, -0.2) is 34.2 Å². The van der Waals surface area contributed by atoms with Crippen LogP contribution in [0.15, 0.2) is 6.20 Å². The van der Waals surface area contributed by atoms with Gasteiger partial charge in [0, 0.05) is 13.6 Å². The molecule has 5 nitrogen and oxygen atoms in total. The molecule has 0 spiro atoms. The average Bonchev–Trinajstić information content (AvgIpc) is 2.65. The highest BCUT2D eigenvalue weighted by atomic mass is 16.5. The van der Waals surface area contributed by atoms with Crippen LogP contribution in [0.2, 0.25) is 0 Å². The van der Waals surface area contributed by atoms with E-state index in [1.165, 1.54) is 0 Å². The van der Waals surface area contributed by atoms with Crippen LogP contribution < -0.4 is 10.1 Å². The van der Waals surface area contributed by atoms with Crippen molar-refractivity contribution in [3.63, 3.8) is 0 Å². The highest BCUT2D eigenvalue weighted by molar-refractivity contribution is 5.02. The number of nitrogens with zero attached hydrogens (tertiary/aromatic N) is 3. The van der Waals surface area contributed by atoms with Gasteiger partial charge in [0.2, 0.25) is 5.88 Å². The standard InChI is InChI=1S/C7H12N4O/c1-11-7(5-9-10-11)12-6-2-3-8-4-6/h5-6,8H,2-4H2,1H3. The molecule has 1 saturated heterocycles. The molecule has 0 bridgehead atoms. The third-order valence-corrected chi connectivity index (χ3v) is 1.98. The summed E-state index contributed by atoms with van der Waals surface area (Å²) in [4.78, 5) is 0. The molecule has 1 fully saturated rings. The molecule has 2 rings (SSSR count). The van der Waals surface area contributed by atoms with E-state index in [-0.39, 0.29) is 6.10 Å². The van der Waals surface area contributed by atoms with Crippen molar-refractivity contribution in [1.29, 1.82) is 0 Å². The van der Waals surface area contributed by atoms with Gasteiger partial charge in [-0.1, -0.05) is 5.21 Å². The zero-order chi connectivity index (χ0) is 8.39. The Kier molecular flexibility index (Phi) is 1.95. The largest absolute Gasteiger partial charge is 0.472 e. The second kappa shape index (κ2) is 3.10. The maximum Gasteiger partial charge on any atom is 0.232 e. The van der Waals surface area contributed by atoms with Gasteiger partial charge in [0.15, 0.2) is 0 Å². The SMILES string of the molecule is Cn1nncc1OC1CCNC1. The molecule has 1 N–H and O–H groups in total. The van der Waals surface area contributed by atoms with Gasteiger partial charge in [-0.05, 0) is 13.0 Å². The van der Waals surface area contributed by atoms with Crippen LogP contribution in [-0.2, 0) is 7.05 Å². The fraction of sp³-hybridized carbons (Fsp3) is 0.714. The fourth-order valence-corrected chi connectivity index (χ4v) is 1.29. The Bertz CT molecular complexity index is 254. The second-order valence-corrected chi connectivity index (χ2v) is 2.93. The van der Waals surface area contributed by atoms with Crippen LogP contribution in [0, 0.1) is 0 Å². The van der Waals surface area contributed by atoms with E-state index < -0.39 is 0 Å². The first-order valence-corrected chi connectivity index (χ1v) is 4.08.